The molecule has 132 valence electrons. The van der Waals surface area contributed by atoms with Gasteiger partial charge in [0.15, 0.2) is 0 Å². The van der Waals surface area contributed by atoms with Crippen LogP contribution in [-0.2, 0) is 16.9 Å². The number of aromatic nitrogens is 3. The first-order valence-electron chi connectivity index (χ1n) is 8.31. The third-order valence-corrected chi connectivity index (χ3v) is 4.81. The normalized spacial score (nSPS) is 16.2. The van der Waals surface area contributed by atoms with E-state index in [0.717, 1.165) is 16.7 Å². The quantitative estimate of drug-likeness (QED) is 0.530. The first-order valence-corrected chi connectivity index (χ1v) is 8.31. The Balaban J connectivity index is 1.82. The van der Waals surface area contributed by atoms with E-state index >= 15 is 0 Å². The van der Waals surface area contributed by atoms with Crippen LogP contribution < -0.4 is 0 Å². The SMILES string of the molecule is CC1(C)OCc2ccc(C(c3ccc([N+](=O)[O-])cc3)n3cncn3)cc21. The van der Waals surface area contributed by atoms with Gasteiger partial charge < -0.3 is 4.74 Å². The Kier molecular flexibility index (Phi) is 3.81. The summed E-state index contributed by atoms with van der Waals surface area (Å²) in [5, 5.41) is 15.2. The molecular formula is C19H18N4O3. The van der Waals surface area contributed by atoms with Gasteiger partial charge in [0.1, 0.15) is 18.7 Å². The van der Waals surface area contributed by atoms with Gasteiger partial charge in [-0.05, 0) is 48.2 Å². The van der Waals surface area contributed by atoms with Crippen LogP contribution in [-0.4, -0.2) is 19.7 Å². The number of nitrogens with zero attached hydrogens (tertiary/aromatic N) is 4. The first-order chi connectivity index (χ1) is 12.5. The van der Waals surface area contributed by atoms with Crippen LogP contribution >= 0.6 is 0 Å². The molecule has 2 heterocycles. The summed E-state index contributed by atoms with van der Waals surface area (Å²) in [5.74, 6) is 0. The minimum absolute atomic E-state index is 0.0644. The fraction of sp³-hybridized carbons (Fsp3) is 0.263. The lowest BCUT2D eigenvalue weighted by atomic mass is 9.90. The topological polar surface area (TPSA) is 83.1 Å². The minimum Gasteiger partial charge on any atom is -0.366 e. The molecule has 0 saturated heterocycles. The molecule has 0 radical (unpaired) electrons. The zero-order chi connectivity index (χ0) is 18.3. The molecule has 7 nitrogen and oxygen atoms in total. The first kappa shape index (κ1) is 16.4. The largest absolute Gasteiger partial charge is 0.366 e. The van der Waals surface area contributed by atoms with E-state index in [9.17, 15) is 10.1 Å². The summed E-state index contributed by atoms with van der Waals surface area (Å²) in [6, 6.07) is 12.6. The Morgan fingerprint density at radius 1 is 1.19 bits per heavy atom. The number of nitro benzene ring substituents is 1. The van der Waals surface area contributed by atoms with Crippen molar-refractivity contribution in [3.63, 3.8) is 0 Å². The molecule has 26 heavy (non-hydrogen) atoms. The average molecular weight is 350 g/mol. The number of hydrogen-bond donors (Lipinski definition) is 0. The van der Waals surface area contributed by atoms with Crippen LogP contribution in [0.4, 0.5) is 5.69 Å². The molecule has 1 aromatic heterocycles. The van der Waals surface area contributed by atoms with Crippen molar-refractivity contribution < 1.29 is 9.66 Å². The third kappa shape index (κ3) is 2.76. The zero-order valence-corrected chi connectivity index (χ0v) is 14.5. The fourth-order valence-electron chi connectivity index (χ4n) is 3.41. The van der Waals surface area contributed by atoms with Crippen molar-refractivity contribution in [1.29, 1.82) is 0 Å². The Hall–Kier alpha value is -3.06. The number of rotatable bonds is 4. The van der Waals surface area contributed by atoms with Gasteiger partial charge in [-0.1, -0.05) is 18.2 Å². The van der Waals surface area contributed by atoms with E-state index in [1.165, 1.54) is 24.0 Å². The van der Waals surface area contributed by atoms with E-state index < -0.39 is 4.92 Å². The van der Waals surface area contributed by atoms with Crippen LogP contribution in [0.5, 0.6) is 0 Å². The maximum absolute atomic E-state index is 10.9. The van der Waals surface area contributed by atoms with Gasteiger partial charge in [-0.15, -0.1) is 0 Å². The van der Waals surface area contributed by atoms with Crippen molar-refractivity contribution in [3.05, 3.63) is 87.5 Å². The molecule has 2 aromatic carbocycles. The molecule has 0 fully saturated rings. The number of ether oxygens (including phenoxy) is 1. The summed E-state index contributed by atoms with van der Waals surface area (Å²) in [5.41, 5.74) is 3.99. The van der Waals surface area contributed by atoms with E-state index in [1.54, 1.807) is 23.1 Å². The monoisotopic (exact) mass is 350 g/mol. The van der Waals surface area contributed by atoms with Crippen LogP contribution in [0, 0.1) is 10.1 Å². The molecule has 7 heteroatoms. The highest BCUT2D eigenvalue weighted by Crippen LogP contribution is 2.38. The number of nitro groups is 1. The molecule has 0 spiro atoms. The molecule has 0 amide bonds. The molecule has 1 aliphatic rings. The van der Waals surface area contributed by atoms with Gasteiger partial charge in [-0.2, -0.15) is 5.10 Å². The van der Waals surface area contributed by atoms with Crippen molar-refractivity contribution >= 4 is 5.69 Å². The molecule has 1 aliphatic heterocycles. The fourth-order valence-corrected chi connectivity index (χ4v) is 3.41. The Morgan fingerprint density at radius 3 is 2.58 bits per heavy atom. The molecular weight excluding hydrogens is 332 g/mol. The highest BCUT2D eigenvalue weighted by molar-refractivity contribution is 5.43. The van der Waals surface area contributed by atoms with Crippen LogP contribution in [0.1, 0.15) is 42.1 Å². The van der Waals surface area contributed by atoms with E-state index in [2.05, 4.69) is 42.1 Å². The minimum atomic E-state index is -0.399. The van der Waals surface area contributed by atoms with Crippen LogP contribution in [0.3, 0.4) is 0 Å². The highest BCUT2D eigenvalue weighted by Gasteiger charge is 2.32. The highest BCUT2D eigenvalue weighted by atomic mass is 16.6. The summed E-state index contributed by atoms with van der Waals surface area (Å²) >= 11 is 0. The molecule has 0 aliphatic carbocycles. The lowest BCUT2D eigenvalue weighted by molar-refractivity contribution is -0.384. The van der Waals surface area contributed by atoms with Crippen LogP contribution in [0.25, 0.3) is 0 Å². The van der Waals surface area contributed by atoms with Crippen LogP contribution in [0.2, 0.25) is 0 Å². The lowest BCUT2D eigenvalue weighted by Gasteiger charge is -2.22. The van der Waals surface area contributed by atoms with Gasteiger partial charge in [0.05, 0.1) is 17.1 Å². The number of hydrogen-bond acceptors (Lipinski definition) is 5. The second kappa shape index (κ2) is 6.03. The predicted molar refractivity (Wildman–Crippen MR) is 94.6 cm³/mol. The Labute approximate surface area is 150 Å². The molecule has 0 saturated carbocycles. The molecule has 4 rings (SSSR count). The second-order valence-corrected chi connectivity index (χ2v) is 6.84. The van der Waals surface area contributed by atoms with Gasteiger partial charge >= 0.3 is 0 Å². The zero-order valence-electron chi connectivity index (χ0n) is 14.5. The molecule has 0 N–H and O–H groups in total. The van der Waals surface area contributed by atoms with Gasteiger partial charge in [-0.25, -0.2) is 9.67 Å². The van der Waals surface area contributed by atoms with Gasteiger partial charge in [0.2, 0.25) is 0 Å². The summed E-state index contributed by atoms with van der Waals surface area (Å²) in [6.45, 7) is 4.71. The third-order valence-electron chi connectivity index (χ3n) is 4.81. The summed E-state index contributed by atoms with van der Waals surface area (Å²) in [4.78, 5) is 14.6. The average Bonchev–Trinajstić information content (AvgIpc) is 3.25. The summed E-state index contributed by atoms with van der Waals surface area (Å²) < 4.78 is 7.63. The molecule has 1 atom stereocenters. The molecule has 1 unspecified atom stereocenters. The number of fused-ring (bicyclic) bond motifs is 1. The van der Waals surface area contributed by atoms with Gasteiger partial charge in [0.25, 0.3) is 5.69 Å². The van der Waals surface area contributed by atoms with Crippen LogP contribution in [0.15, 0.2) is 55.1 Å². The smallest absolute Gasteiger partial charge is 0.269 e. The van der Waals surface area contributed by atoms with Crippen molar-refractivity contribution in [3.8, 4) is 0 Å². The number of benzene rings is 2. The predicted octanol–water partition coefficient (Wildman–Crippen LogP) is 3.59. The van der Waals surface area contributed by atoms with Crippen molar-refractivity contribution in [2.24, 2.45) is 0 Å². The van der Waals surface area contributed by atoms with E-state index in [-0.39, 0.29) is 17.3 Å². The van der Waals surface area contributed by atoms with Gasteiger partial charge in [0, 0.05) is 12.1 Å². The standard InChI is InChI=1S/C19H18N4O3/c1-19(2)17-9-14(3-4-15(17)10-26-19)18(22-12-20-11-21-22)13-5-7-16(8-6-13)23(24)25/h3-9,11-12,18H,10H2,1-2H3. The van der Waals surface area contributed by atoms with Crippen molar-refractivity contribution in [2.75, 3.05) is 0 Å². The van der Waals surface area contributed by atoms with E-state index in [4.69, 9.17) is 4.74 Å². The Morgan fingerprint density at radius 2 is 1.92 bits per heavy atom. The van der Waals surface area contributed by atoms with Gasteiger partial charge in [-0.3, -0.25) is 10.1 Å². The van der Waals surface area contributed by atoms with E-state index in [1.807, 2.05) is 0 Å². The maximum Gasteiger partial charge on any atom is 0.269 e. The summed E-state index contributed by atoms with van der Waals surface area (Å²) in [6.07, 6.45) is 3.14. The molecule has 0 bridgehead atoms. The maximum atomic E-state index is 10.9. The van der Waals surface area contributed by atoms with Crippen molar-refractivity contribution in [1.82, 2.24) is 14.8 Å². The van der Waals surface area contributed by atoms with E-state index in [0.29, 0.717) is 6.61 Å². The summed E-state index contributed by atoms with van der Waals surface area (Å²) in [7, 11) is 0. The Bertz CT molecular complexity index is 949. The van der Waals surface area contributed by atoms with Crippen molar-refractivity contribution in [2.45, 2.75) is 32.1 Å². The lowest BCUT2D eigenvalue weighted by Crippen LogP contribution is -2.17. The number of non-ortho nitro benzene ring substituents is 1. The molecule has 3 aromatic rings. The second-order valence-electron chi connectivity index (χ2n) is 6.84.